The molecule has 3 nitrogen and oxygen atoms in total. The summed E-state index contributed by atoms with van der Waals surface area (Å²) in [5.41, 5.74) is 0.747. The molecule has 0 unspecified atom stereocenters. The quantitative estimate of drug-likeness (QED) is 0.790. The molecule has 0 radical (unpaired) electrons. The zero-order chi connectivity index (χ0) is 14.8. The summed E-state index contributed by atoms with van der Waals surface area (Å²) in [6.45, 7) is 8.21. The summed E-state index contributed by atoms with van der Waals surface area (Å²) < 4.78 is 12.8. The lowest BCUT2D eigenvalue weighted by atomic mass is 9.99. The van der Waals surface area contributed by atoms with E-state index in [9.17, 15) is 9.18 Å². The van der Waals surface area contributed by atoms with Crippen LogP contribution in [-0.2, 0) is 0 Å². The smallest absolute Gasteiger partial charge is 0.164 e. The molecule has 2 rings (SSSR count). The van der Waals surface area contributed by atoms with Gasteiger partial charge < -0.3 is 0 Å². The van der Waals surface area contributed by atoms with Crippen LogP contribution in [0.3, 0.4) is 0 Å². The van der Waals surface area contributed by atoms with Crippen LogP contribution in [0.4, 0.5) is 4.39 Å². The number of carbonyl (C=O) groups excluding carboxylic acids is 1. The van der Waals surface area contributed by atoms with Crippen LogP contribution < -0.4 is 0 Å². The van der Waals surface area contributed by atoms with Crippen LogP contribution in [0.5, 0.6) is 0 Å². The molecule has 1 fully saturated rings. The minimum absolute atomic E-state index is 0.0849. The third-order valence-corrected chi connectivity index (χ3v) is 4.22. The van der Waals surface area contributed by atoms with Crippen molar-refractivity contribution in [3.05, 3.63) is 35.6 Å². The molecule has 0 atom stereocenters. The lowest BCUT2D eigenvalue weighted by Gasteiger charge is -2.45. The molecule has 20 heavy (non-hydrogen) atoms. The van der Waals surface area contributed by atoms with Gasteiger partial charge in [0.25, 0.3) is 0 Å². The van der Waals surface area contributed by atoms with Crippen LogP contribution in [0.15, 0.2) is 24.3 Å². The van der Waals surface area contributed by atoms with Gasteiger partial charge in [-0.05, 0) is 45.2 Å². The van der Waals surface area contributed by atoms with Crippen molar-refractivity contribution in [2.75, 3.05) is 33.2 Å². The molecule has 0 amide bonds. The normalized spacial score (nSPS) is 20.0. The van der Waals surface area contributed by atoms with Gasteiger partial charge in [-0.1, -0.05) is 0 Å². The van der Waals surface area contributed by atoms with Crippen molar-refractivity contribution in [3.8, 4) is 0 Å². The van der Waals surface area contributed by atoms with Gasteiger partial charge in [0, 0.05) is 43.7 Å². The summed E-state index contributed by atoms with van der Waals surface area (Å²) in [6, 6.07) is 5.80. The number of nitrogens with zero attached hydrogens (tertiary/aromatic N) is 2. The second-order valence-electron chi connectivity index (χ2n) is 6.19. The number of likely N-dealkylation sites (N-methyl/N-ethyl adjacent to an activating group) is 1. The molecule has 0 aliphatic carbocycles. The Kier molecular flexibility index (Phi) is 4.55. The zero-order valence-corrected chi connectivity index (χ0v) is 12.5. The number of benzene rings is 1. The topological polar surface area (TPSA) is 23.6 Å². The zero-order valence-electron chi connectivity index (χ0n) is 12.5. The molecule has 0 spiro atoms. The Bertz CT molecular complexity index is 470. The van der Waals surface area contributed by atoms with E-state index >= 15 is 0 Å². The number of halogens is 1. The minimum atomic E-state index is -0.303. The number of Topliss-reactive ketones (excluding diaryl/α,β-unsaturated/α-hetero) is 1. The number of hydrogen-bond donors (Lipinski definition) is 0. The third kappa shape index (κ3) is 3.64. The van der Waals surface area contributed by atoms with Gasteiger partial charge in [-0.2, -0.15) is 0 Å². The van der Waals surface area contributed by atoms with Crippen LogP contribution >= 0.6 is 0 Å². The fraction of sp³-hybridized carbons (Fsp3) is 0.562. The van der Waals surface area contributed by atoms with Gasteiger partial charge in [-0.25, -0.2) is 4.39 Å². The molecule has 1 aliphatic heterocycles. The summed E-state index contributed by atoms with van der Waals surface area (Å²) in [7, 11) is 2.14. The Balaban J connectivity index is 1.86. The fourth-order valence-corrected chi connectivity index (χ4v) is 2.57. The van der Waals surface area contributed by atoms with Crippen LogP contribution in [0.25, 0.3) is 0 Å². The standard InChI is InChI=1S/C16H23FN2O/c1-16(2)12-19(11-10-18(16)3)9-8-15(20)13-4-6-14(17)7-5-13/h4-7H,8-12H2,1-3H3. The summed E-state index contributed by atoms with van der Waals surface area (Å²) >= 11 is 0. The molecule has 1 aromatic rings. The lowest BCUT2D eigenvalue weighted by Crippen LogP contribution is -2.57. The van der Waals surface area contributed by atoms with E-state index in [0.717, 1.165) is 26.2 Å². The summed E-state index contributed by atoms with van der Waals surface area (Å²) in [4.78, 5) is 16.8. The molecule has 4 heteroatoms. The maximum atomic E-state index is 12.8. The van der Waals surface area contributed by atoms with E-state index < -0.39 is 0 Å². The molecule has 0 N–H and O–H groups in total. The Hall–Kier alpha value is -1.26. The van der Waals surface area contributed by atoms with Gasteiger partial charge in [0.2, 0.25) is 0 Å². The SMILES string of the molecule is CN1CCN(CCC(=O)c2ccc(F)cc2)CC1(C)C. The van der Waals surface area contributed by atoms with Crippen molar-refractivity contribution in [1.82, 2.24) is 9.80 Å². The molecule has 0 saturated carbocycles. The highest BCUT2D eigenvalue weighted by molar-refractivity contribution is 5.96. The van der Waals surface area contributed by atoms with E-state index in [-0.39, 0.29) is 17.1 Å². The average Bonchev–Trinajstić information content (AvgIpc) is 2.40. The molecular formula is C16H23FN2O. The van der Waals surface area contributed by atoms with E-state index in [1.165, 1.54) is 12.1 Å². The van der Waals surface area contributed by atoms with E-state index in [1.54, 1.807) is 12.1 Å². The second kappa shape index (κ2) is 6.02. The Morgan fingerprint density at radius 1 is 1.25 bits per heavy atom. The summed E-state index contributed by atoms with van der Waals surface area (Å²) in [5, 5.41) is 0. The molecule has 1 saturated heterocycles. The van der Waals surface area contributed by atoms with Gasteiger partial charge >= 0.3 is 0 Å². The van der Waals surface area contributed by atoms with Crippen LogP contribution in [0.2, 0.25) is 0 Å². The largest absolute Gasteiger partial charge is 0.300 e. The van der Waals surface area contributed by atoms with Crippen molar-refractivity contribution in [2.45, 2.75) is 25.8 Å². The van der Waals surface area contributed by atoms with Crippen molar-refractivity contribution < 1.29 is 9.18 Å². The highest BCUT2D eigenvalue weighted by Crippen LogP contribution is 2.19. The lowest BCUT2D eigenvalue weighted by molar-refractivity contribution is 0.0390. The number of rotatable bonds is 4. The molecular weight excluding hydrogens is 255 g/mol. The number of carbonyl (C=O) groups is 1. The molecule has 110 valence electrons. The van der Waals surface area contributed by atoms with Crippen LogP contribution in [0.1, 0.15) is 30.6 Å². The molecule has 1 aliphatic rings. The molecule has 0 aromatic heterocycles. The number of ketones is 1. The van der Waals surface area contributed by atoms with Gasteiger partial charge in [-0.15, -0.1) is 0 Å². The van der Waals surface area contributed by atoms with E-state index in [0.29, 0.717) is 12.0 Å². The number of piperazine rings is 1. The Morgan fingerprint density at radius 2 is 1.90 bits per heavy atom. The highest BCUT2D eigenvalue weighted by Gasteiger charge is 2.30. The van der Waals surface area contributed by atoms with Crippen LogP contribution in [0, 0.1) is 5.82 Å². The average molecular weight is 278 g/mol. The van der Waals surface area contributed by atoms with Gasteiger partial charge in [0.1, 0.15) is 5.82 Å². The third-order valence-electron chi connectivity index (χ3n) is 4.22. The van der Waals surface area contributed by atoms with Crippen molar-refractivity contribution in [2.24, 2.45) is 0 Å². The first kappa shape index (κ1) is 15.1. The Morgan fingerprint density at radius 3 is 2.50 bits per heavy atom. The van der Waals surface area contributed by atoms with Crippen molar-refractivity contribution >= 4 is 5.78 Å². The van der Waals surface area contributed by atoms with Gasteiger partial charge in [0.05, 0.1) is 0 Å². The fourth-order valence-electron chi connectivity index (χ4n) is 2.57. The minimum Gasteiger partial charge on any atom is -0.300 e. The van der Waals surface area contributed by atoms with E-state index in [1.807, 2.05) is 0 Å². The molecule has 0 bridgehead atoms. The van der Waals surface area contributed by atoms with E-state index in [2.05, 4.69) is 30.7 Å². The first-order chi connectivity index (χ1) is 9.38. The van der Waals surface area contributed by atoms with Crippen molar-refractivity contribution in [3.63, 3.8) is 0 Å². The van der Waals surface area contributed by atoms with Gasteiger partial charge in [0.15, 0.2) is 5.78 Å². The summed E-state index contributed by atoms with van der Waals surface area (Å²) in [5.74, 6) is -0.218. The predicted octanol–water partition coefficient (Wildman–Crippen LogP) is 2.42. The maximum Gasteiger partial charge on any atom is 0.164 e. The van der Waals surface area contributed by atoms with Crippen LogP contribution in [-0.4, -0.2) is 54.3 Å². The first-order valence-corrected chi connectivity index (χ1v) is 7.11. The first-order valence-electron chi connectivity index (χ1n) is 7.11. The predicted molar refractivity (Wildman–Crippen MR) is 78.5 cm³/mol. The number of hydrogen-bond acceptors (Lipinski definition) is 3. The van der Waals surface area contributed by atoms with Crippen molar-refractivity contribution in [1.29, 1.82) is 0 Å². The Labute approximate surface area is 120 Å². The van der Waals surface area contributed by atoms with E-state index in [4.69, 9.17) is 0 Å². The molecule has 1 heterocycles. The van der Waals surface area contributed by atoms with Gasteiger partial charge in [-0.3, -0.25) is 14.6 Å². The maximum absolute atomic E-state index is 12.8. The second-order valence-corrected chi connectivity index (χ2v) is 6.19. The summed E-state index contributed by atoms with van der Waals surface area (Å²) in [6.07, 6.45) is 0.491. The highest BCUT2D eigenvalue weighted by atomic mass is 19.1. The monoisotopic (exact) mass is 278 g/mol. The molecule has 1 aromatic carbocycles.